The van der Waals surface area contributed by atoms with Crippen LogP contribution in [0.2, 0.25) is 0 Å². The topological polar surface area (TPSA) is 119 Å². The van der Waals surface area contributed by atoms with Crippen molar-refractivity contribution >= 4 is 23.8 Å². The average molecular weight is 401 g/mol. The number of carbonyl (C=O) groups excluding carboxylic acids is 4. The van der Waals surface area contributed by atoms with Crippen LogP contribution in [-0.2, 0) is 28.6 Å². The number of Topliss-reactive ketones (excluding diaryl/α,β-unsaturated/α-hetero) is 1. The standard InChI is InChI=1S/C19H31NO8/c1-16(2,3)26-13(22)11-10-12(21)19(25,14(23)27-17(4,5)6)20(11)15(24)28-18(7,8)9/h11,25H,10H2,1-9H3/t11-,19?/m0/s1. The normalized spacial score (nSPS) is 23.4. The second-order valence-corrected chi connectivity index (χ2v) is 9.70. The smallest absolute Gasteiger partial charge is 0.414 e. The Hall–Kier alpha value is -2.16. The molecule has 1 aliphatic rings. The van der Waals surface area contributed by atoms with Crippen LogP contribution < -0.4 is 0 Å². The van der Waals surface area contributed by atoms with E-state index in [-0.39, 0.29) is 0 Å². The van der Waals surface area contributed by atoms with Crippen LogP contribution in [0.15, 0.2) is 0 Å². The molecule has 9 nitrogen and oxygen atoms in total. The molecule has 0 aliphatic carbocycles. The minimum absolute atomic E-state index is 0.419. The number of hydrogen-bond donors (Lipinski definition) is 1. The molecule has 1 aliphatic heterocycles. The fourth-order valence-electron chi connectivity index (χ4n) is 2.46. The highest BCUT2D eigenvalue weighted by atomic mass is 16.6. The highest BCUT2D eigenvalue weighted by Crippen LogP contribution is 2.34. The first-order valence-corrected chi connectivity index (χ1v) is 9.02. The van der Waals surface area contributed by atoms with Gasteiger partial charge in [-0.05, 0) is 62.3 Å². The molecule has 1 heterocycles. The number of hydrogen-bond acceptors (Lipinski definition) is 8. The van der Waals surface area contributed by atoms with E-state index in [0.29, 0.717) is 4.90 Å². The summed E-state index contributed by atoms with van der Waals surface area (Å²) < 4.78 is 15.6. The molecule has 0 spiro atoms. The van der Waals surface area contributed by atoms with Crippen molar-refractivity contribution in [1.29, 1.82) is 0 Å². The third-order valence-electron chi connectivity index (χ3n) is 3.38. The average Bonchev–Trinajstić information content (AvgIpc) is 2.66. The molecule has 0 saturated carbocycles. The van der Waals surface area contributed by atoms with E-state index >= 15 is 0 Å². The van der Waals surface area contributed by atoms with E-state index in [1.165, 1.54) is 20.8 Å². The van der Waals surface area contributed by atoms with Crippen molar-refractivity contribution in [3.63, 3.8) is 0 Å². The van der Waals surface area contributed by atoms with Gasteiger partial charge in [0.2, 0.25) is 0 Å². The van der Waals surface area contributed by atoms with Gasteiger partial charge >= 0.3 is 23.8 Å². The number of rotatable bonds is 2. The first-order valence-electron chi connectivity index (χ1n) is 9.02. The molecule has 0 radical (unpaired) electrons. The zero-order chi connectivity index (χ0) is 22.3. The van der Waals surface area contributed by atoms with Gasteiger partial charge in [0.15, 0.2) is 5.78 Å². The fraction of sp³-hybridized carbons (Fsp3) is 0.789. The molecule has 1 N–H and O–H groups in total. The predicted molar refractivity (Wildman–Crippen MR) is 98.1 cm³/mol. The number of amides is 1. The summed E-state index contributed by atoms with van der Waals surface area (Å²) >= 11 is 0. The Kier molecular flexibility index (Phi) is 6.26. The van der Waals surface area contributed by atoms with Crippen molar-refractivity contribution in [2.45, 2.75) is 97.3 Å². The van der Waals surface area contributed by atoms with Crippen molar-refractivity contribution in [3.8, 4) is 0 Å². The molecule has 0 aromatic rings. The van der Waals surface area contributed by atoms with Crippen LogP contribution in [0, 0.1) is 0 Å². The van der Waals surface area contributed by atoms with Gasteiger partial charge in [-0.3, -0.25) is 4.79 Å². The van der Waals surface area contributed by atoms with Crippen molar-refractivity contribution < 1.29 is 38.5 Å². The second-order valence-electron chi connectivity index (χ2n) is 9.70. The van der Waals surface area contributed by atoms with Crippen molar-refractivity contribution in [2.75, 3.05) is 0 Å². The van der Waals surface area contributed by atoms with Gasteiger partial charge < -0.3 is 19.3 Å². The van der Waals surface area contributed by atoms with Gasteiger partial charge in [-0.15, -0.1) is 0 Å². The molecular formula is C19H31NO8. The van der Waals surface area contributed by atoms with Gasteiger partial charge in [-0.1, -0.05) is 0 Å². The summed E-state index contributed by atoms with van der Waals surface area (Å²) in [4.78, 5) is 51.0. The maximum atomic E-state index is 12.7. The number of aliphatic hydroxyl groups is 1. The number of esters is 2. The third-order valence-corrected chi connectivity index (χ3v) is 3.38. The lowest BCUT2D eigenvalue weighted by molar-refractivity contribution is -0.196. The molecule has 1 fully saturated rings. The highest BCUT2D eigenvalue weighted by Gasteiger charge is 2.64. The summed E-state index contributed by atoms with van der Waals surface area (Å²) in [6.45, 7) is 14.1. The molecule has 1 rings (SSSR count). The van der Waals surface area contributed by atoms with E-state index in [0.717, 1.165) is 0 Å². The van der Waals surface area contributed by atoms with Gasteiger partial charge in [0.05, 0.1) is 0 Å². The van der Waals surface area contributed by atoms with Crippen molar-refractivity contribution in [2.24, 2.45) is 0 Å². The summed E-state index contributed by atoms with van der Waals surface area (Å²) in [7, 11) is 0. The minimum atomic E-state index is -2.99. The van der Waals surface area contributed by atoms with Gasteiger partial charge in [-0.25, -0.2) is 19.3 Å². The summed E-state index contributed by atoms with van der Waals surface area (Å²) in [5.41, 5.74) is -5.95. The summed E-state index contributed by atoms with van der Waals surface area (Å²) in [5.74, 6) is -3.35. The molecule has 1 unspecified atom stereocenters. The fourth-order valence-corrected chi connectivity index (χ4v) is 2.46. The molecule has 1 saturated heterocycles. The van der Waals surface area contributed by atoms with Crippen molar-refractivity contribution in [1.82, 2.24) is 4.90 Å². The van der Waals surface area contributed by atoms with Crippen LogP contribution in [0.1, 0.15) is 68.7 Å². The molecule has 28 heavy (non-hydrogen) atoms. The largest absolute Gasteiger partial charge is 0.458 e. The van der Waals surface area contributed by atoms with E-state index in [1.807, 2.05) is 0 Å². The van der Waals surface area contributed by atoms with Crippen LogP contribution in [0.3, 0.4) is 0 Å². The molecule has 2 atom stereocenters. The van der Waals surface area contributed by atoms with Crippen LogP contribution in [0.4, 0.5) is 4.79 Å². The van der Waals surface area contributed by atoms with E-state index < -0.39 is 58.8 Å². The zero-order valence-corrected chi connectivity index (χ0v) is 18.0. The van der Waals surface area contributed by atoms with Gasteiger partial charge in [0.25, 0.3) is 0 Å². The second kappa shape index (κ2) is 7.35. The van der Waals surface area contributed by atoms with Crippen LogP contribution in [0.25, 0.3) is 0 Å². The summed E-state index contributed by atoms with van der Waals surface area (Å²) in [6, 6.07) is -1.53. The third kappa shape index (κ3) is 5.67. The lowest BCUT2D eigenvalue weighted by Gasteiger charge is -2.36. The Labute approximate surface area is 165 Å². The van der Waals surface area contributed by atoms with Gasteiger partial charge in [0.1, 0.15) is 22.8 Å². The van der Waals surface area contributed by atoms with Crippen LogP contribution in [-0.4, -0.2) is 62.4 Å². The number of nitrogens with zero attached hydrogens (tertiary/aromatic N) is 1. The van der Waals surface area contributed by atoms with E-state index in [9.17, 15) is 24.3 Å². The summed E-state index contributed by atoms with van der Waals surface area (Å²) in [6.07, 6.45) is -1.81. The molecule has 1 amide bonds. The Morgan fingerprint density at radius 3 is 1.71 bits per heavy atom. The van der Waals surface area contributed by atoms with E-state index in [4.69, 9.17) is 14.2 Å². The van der Waals surface area contributed by atoms with Crippen molar-refractivity contribution in [3.05, 3.63) is 0 Å². The number of ketones is 1. The van der Waals surface area contributed by atoms with Gasteiger partial charge in [-0.2, -0.15) is 0 Å². The molecule has 0 aromatic carbocycles. The van der Waals surface area contributed by atoms with Crippen LogP contribution >= 0.6 is 0 Å². The first-order chi connectivity index (χ1) is 12.3. The minimum Gasteiger partial charge on any atom is -0.458 e. The molecule has 0 bridgehead atoms. The highest BCUT2D eigenvalue weighted by molar-refractivity contribution is 6.13. The SMILES string of the molecule is CC(C)(C)OC(=O)[C@@H]1CC(=O)C(O)(C(=O)OC(C)(C)C)N1C(=O)OC(C)(C)C. The maximum Gasteiger partial charge on any atom is 0.414 e. The predicted octanol–water partition coefficient (Wildman–Crippen LogP) is 1.94. The van der Waals surface area contributed by atoms with E-state index in [1.54, 1.807) is 41.5 Å². The lowest BCUT2D eigenvalue weighted by Crippen LogP contribution is -2.62. The lowest BCUT2D eigenvalue weighted by atomic mass is 10.1. The quantitative estimate of drug-likeness (QED) is 0.423. The molecule has 160 valence electrons. The number of ether oxygens (including phenoxy) is 3. The van der Waals surface area contributed by atoms with Gasteiger partial charge in [0, 0.05) is 6.42 Å². The Morgan fingerprint density at radius 2 is 1.32 bits per heavy atom. The maximum absolute atomic E-state index is 12.7. The Bertz CT molecular complexity index is 665. The monoisotopic (exact) mass is 401 g/mol. The van der Waals surface area contributed by atoms with Crippen LogP contribution in [0.5, 0.6) is 0 Å². The Balaban J connectivity index is 3.40. The molecule has 9 heteroatoms. The molecule has 0 aromatic heterocycles. The summed E-state index contributed by atoms with van der Waals surface area (Å²) in [5, 5.41) is 10.9. The molecular weight excluding hydrogens is 370 g/mol. The number of likely N-dealkylation sites (tertiary alicyclic amines) is 1. The Morgan fingerprint density at radius 1 is 0.893 bits per heavy atom. The number of carbonyl (C=O) groups is 4. The first kappa shape index (κ1) is 23.9. The van der Waals surface area contributed by atoms with E-state index in [2.05, 4.69) is 0 Å². The zero-order valence-electron chi connectivity index (χ0n) is 18.0.